The normalized spacial score (nSPS) is 24.2. The molecule has 0 aromatic heterocycles. The Bertz CT molecular complexity index is 595. The summed E-state index contributed by atoms with van der Waals surface area (Å²) in [6, 6.07) is 9.04. The molecule has 0 bridgehead atoms. The summed E-state index contributed by atoms with van der Waals surface area (Å²) in [6.07, 6.45) is 3.87. The third-order valence-electron chi connectivity index (χ3n) is 5.75. The molecule has 0 radical (unpaired) electrons. The molecule has 150 valence electrons. The molecular formula is C22H36N4O. The van der Waals surface area contributed by atoms with Gasteiger partial charge in [-0.2, -0.15) is 0 Å². The molecule has 0 spiro atoms. The Labute approximate surface area is 164 Å². The third-order valence-corrected chi connectivity index (χ3v) is 5.75. The van der Waals surface area contributed by atoms with Gasteiger partial charge in [-0.05, 0) is 42.9 Å². The number of guanidine groups is 1. The van der Waals surface area contributed by atoms with Crippen LogP contribution < -0.4 is 5.32 Å². The van der Waals surface area contributed by atoms with Crippen LogP contribution in [-0.2, 0) is 17.8 Å². The SMILES string of the molecule is CN=C(NCc1ccc(CN2CCCC(C)C2)cc1)N(C)CC1CCOC1. The molecule has 1 N–H and O–H groups in total. The zero-order valence-electron chi connectivity index (χ0n) is 17.3. The fraction of sp³-hybridized carbons (Fsp3) is 0.682. The smallest absolute Gasteiger partial charge is 0.193 e. The average Bonchev–Trinajstić information content (AvgIpc) is 3.16. The van der Waals surface area contributed by atoms with Crippen molar-refractivity contribution in [2.75, 3.05) is 46.9 Å². The second-order valence-corrected chi connectivity index (χ2v) is 8.31. The maximum atomic E-state index is 5.48. The van der Waals surface area contributed by atoms with Crippen molar-refractivity contribution in [2.45, 2.75) is 39.3 Å². The van der Waals surface area contributed by atoms with Gasteiger partial charge in [-0.3, -0.25) is 9.89 Å². The molecule has 2 unspecified atom stereocenters. The lowest BCUT2D eigenvalue weighted by Crippen LogP contribution is -2.41. The highest BCUT2D eigenvalue weighted by atomic mass is 16.5. The summed E-state index contributed by atoms with van der Waals surface area (Å²) in [7, 11) is 3.96. The summed E-state index contributed by atoms with van der Waals surface area (Å²) >= 11 is 0. The first kappa shape index (κ1) is 20.2. The van der Waals surface area contributed by atoms with E-state index in [1.54, 1.807) is 0 Å². The van der Waals surface area contributed by atoms with Crippen molar-refractivity contribution in [3.05, 3.63) is 35.4 Å². The van der Waals surface area contributed by atoms with E-state index in [0.717, 1.165) is 51.1 Å². The topological polar surface area (TPSA) is 40.1 Å². The first-order valence-electron chi connectivity index (χ1n) is 10.4. The molecule has 2 saturated heterocycles. The van der Waals surface area contributed by atoms with Crippen molar-refractivity contribution >= 4 is 5.96 Å². The number of ether oxygens (including phenoxy) is 1. The molecule has 0 amide bonds. The predicted molar refractivity (Wildman–Crippen MR) is 112 cm³/mol. The van der Waals surface area contributed by atoms with Crippen molar-refractivity contribution in [1.82, 2.24) is 15.1 Å². The summed E-state index contributed by atoms with van der Waals surface area (Å²) in [5.74, 6) is 2.40. The van der Waals surface area contributed by atoms with Gasteiger partial charge in [-0.1, -0.05) is 31.2 Å². The maximum Gasteiger partial charge on any atom is 0.193 e. The van der Waals surface area contributed by atoms with E-state index in [1.807, 2.05) is 7.05 Å². The Kier molecular flexibility index (Phi) is 7.53. The number of likely N-dealkylation sites (tertiary alicyclic amines) is 1. The summed E-state index contributed by atoms with van der Waals surface area (Å²) in [6.45, 7) is 9.48. The minimum atomic E-state index is 0.616. The predicted octanol–water partition coefficient (Wildman–Crippen LogP) is 2.96. The Morgan fingerprint density at radius 1 is 1.26 bits per heavy atom. The van der Waals surface area contributed by atoms with Crippen LogP contribution >= 0.6 is 0 Å². The van der Waals surface area contributed by atoms with Gasteiger partial charge in [-0.15, -0.1) is 0 Å². The maximum absolute atomic E-state index is 5.48. The van der Waals surface area contributed by atoms with E-state index < -0.39 is 0 Å². The summed E-state index contributed by atoms with van der Waals surface area (Å²) < 4.78 is 5.48. The van der Waals surface area contributed by atoms with Crippen LogP contribution in [0.2, 0.25) is 0 Å². The van der Waals surface area contributed by atoms with Gasteiger partial charge < -0.3 is 15.0 Å². The van der Waals surface area contributed by atoms with Crippen LogP contribution in [0.5, 0.6) is 0 Å². The van der Waals surface area contributed by atoms with Crippen LogP contribution in [0.15, 0.2) is 29.3 Å². The minimum absolute atomic E-state index is 0.616. The molecule has 2 fully saturated rings. The number of aliphatic imine (C=N–C) groups is 1. The van der Waals surface area contributed by atoms with Gasteiger partial charge in [0.1, 0.15) is 0 Å². The Morgan fingerprint density at radius 2 is 2.04 bits per heavy atom. The summed E-state index contributed by atoms with van der Waals surface area (Å²) in [5.41, 5.74) is 2.71. The minimum Gasteiger partial charge on any atom is -0.381 e. The van der Waals surface area contributed by atoms with Crippen LogP contribution in [0.3, 0.4) is 0 Å². The number of hydrogen-bond donors (Lipinski definition) is 1. The molecule has 2 atom stereocenters. The Hall–Kier alpha value is -1.59. The largest absolute Gasteiger partial charge is 0.381 e. The molecule has 2 aliphatic heterocycles. The first-order valence-corrected chi connectivity index (χ1v) is 10.4. The van der Waals surface area contributed by atoms with E-state index in [2.05, 4.69) is 58.3 Å². The number of nitrogens with one attached hydrogen (secondary N) is 1. The molecule has 1 aromatic rings. The van der Waals surface area contributed by atoms with Crippen molar-refractivity contribution < 1.29 is 4.74 Å². The molecule has 2 heterocycles. The number of piperidine rings is 1. The van der Waals surface area contributed by atoms with E-state index >= 15 is 0 Å². The molecule has 0 aliphatic carbocycles. The van der Waals surface area contributed by atoms with Gasteiger partial charge in [0.05, 0.1) is 6.61 Å². The molecule has 5 nitrogen and oxygen atoms in total. The Morgan fingerprint density at radius 3 is 2.70 bits per heavy atom. The number of rotatable bonds is 6. The zero-order chi connectivity index (χ0) is 19.1. The number of nitrogens with zero attached hydrogens (tertiary/aromatic N) is 3. The van der Waals surface area contributed by atoms with E-state index in [9.17, 15) is 0 Å². The average molecular weight is 373 g/mol. The van der Waals surface area contributed by atoms with Crippen molar-refractivity contribution in [3.8, 4) is 0 Å². The summed E-state index contributed by atoms with van der Waals surface area (Å²) in [5, 5.41) is 3.49. The van der Waals surface area contributed by atoms with Crippen molar-refractivity contribution in [1.29, 1.82) is 0 Å². The van der Waals surface area contributed by atoms with Gasteiger partial charge in [0, 0.05) is 52.8 Å². The molecule has 3 rings (SSSR count). The lowest BCUT2D eigenvalue weighted by atomic mass is 9.99. The van der Waals surface area contributed by atoms with Crippen LogP contribution in [0, 0.1) is 11.8 Å². The highest BCUT2D eigenvalue weighted by molar-refractivity contribution is 5.79. The van der Waals surface area contributed by atoms with Gasteiger partial charge in [0.2, 0.25) is 0 Å². The molecule has 1 aromatic carbocycles. The van der Waals surface area contributed by atoms with E-state index in [-0.39, 0.29) is 0 Å². The van der Waals surface area contributed by atoms with Crippen LogP contribution in [-0.4, -0.2) is 62.7 Å². The van der Waals surface area contributed by atoms with Gasteiger partial charge in [0.15, 0.2) is 5.96 Å². The lowest BCUT2D eigenvalue weighted by molar-refractivity contribution is 0.176. The molecular weight excluding hydrogens is 336 g/mol. The van der Waals surface area contributed by atoms with Crippen molar-refractivity contribution in [2.24, 2.45) is 16.8 Å². The molecule has 27 heavy (non-hydrogen) atoms. The van der Waals surface area contributed by atoms with Crippen LogP contribution in [0.25, 0.3) is 0 Å². The highest BCUT2D eigenvalue weighted by Crippen LogP contribution is 2.18. The van der Waals surface area contributed by atoms with E-state index in [1.165, 1.54) is 37.1 Å². The van der Waals surface area contributed by atoms with Crippen LogP contribution in [0.1, 0.15) is 37.3 Å². The Balaban J connectivity index is 1.45. The van der Waals surface area contributed by atoms with Gasteiger partial charge in [0.25, 0.3) is 0 Å². The number of benzene rings is 1. The van der Waals surface area contributed by atoms with E-state index in [4.69, 9.17) is 4.74 Å². The second-order valence-electron chi connectivity index (χ2n) is 8.31. The van der Waals surface area contributed by atoms with Crippen LogP contribution in [0.4, 0.5) is 0 Å². The van der Waals surface area contributed by atoms with E-state index in [0.29, 0.717) is 5.92 Å². The molecule has 5 heteroatoms. The lowest BCUT2D eigenvalue weighted by Gasteiger charge is -2.30. The molecule has 2 aliphatic rings. The number of hydrogen-bond acceptors (Lipinski definition) is 3. The van der Waals surface area contributed by atoms with Gasteiger partial charge >= 0.3 is 0 Å². The quantitative estimate of drug-likeness (QED) is 0.616. The second kappa shape index (κ2) is 10.1. The zero-order valence-corrected chi connectivity index (χ0v) is 17.3. The summed E-state index contributed by atoms with van der Waals surface area (Å²) in [4.78, 5) is 9.23. The fourth-order valence-corrected chi connectivity index (χ4v) is 4.22. The fourth-order valence-electron chi connectivity index (χ4n) is 4.22. The van der Waals surface area contributed by atoms with Gasteiger partial charge in [-0.25, -0.2) is 0 Å². The monoisotopic (exact) mass is 372 g/mol. The standard InChI is InChI=1S/C22H36N4O/c1-18-5-4-11-26(14-18)16-20-8-6-19(7-9-20)13-24-22(23-2)25(3)15-21-10-12-27-17-21/h6-9,18,21H,4-5,10-17H2,1-3H3,(H,23,24). The third kappa shape index (κ3) is 6.22. The van der Waals surface area contributed by atoms with Crippen molar-refractivity contribution in [3.63, 3.8) is 0 Å². The first-order chi connectivity index (χ1) is 13.1. The molecule has 0 saturated carbocycles. The highest BCUT2D eigenvalue weighted by Gasteiger charge is 2.19.